The van der Waals surface area contributed by atoms with E-state index in [1.54, 1.807) is 13.2 Å². The van der Waals surface area contributed by atoms with Crippen LogP contribution in [0.2, 0.25) is 0 Å². The molecule has 20 heavy (non-hydrogen) atoms. The van der Waals surface area contributed by atoms with E-state index in [2.05, 4.69) is 5.32 Å². The highest BCUT2D eigenvalue weighted by Gasteiger charge is 2.10. The lowest BCUT2D eigenvalue weighted by molar-refractivity contribution is 0.0907. The predicted molar refractivity (Wildman–Crippen MR) is 78.2 cm³/mol. The minimum atomic E-state index is -0.624. The van der Waals surface area contributed by atoms with Gasteiger partial charge in [-0.25, -0.2) is 0 Å². The predicted octanol–water partition coefficient (Wildman–Crippen LogP) is 1.04. The van der Waals surface area contributed by atoms with Gasteiger partial charge in [-0.1, -0.05) is 19.9 Å². The van der Waals surface area contributed by atoms with Gasteiger partial charge in [-0.3, -0.25) is 0 Å². The van der Waals surface area contributed by atoms with E-state index < -0.39 is 12.2 Å². The summed E-state index contributed by atoms with van der Waals surface area (Å²) >= 11 is 0. The van der Waals surface area contributed by atoms with E-state index >= 15 is 0 Å². The smallest absolute Gasteiger partial charge is 0.123 e. The Bertz CT molecular complexity index is 384. The Labute approximate surface area is 120 Å². The molecule has 0 aliphatic heterocycles. The van der Waals surface area contributed by atoms with E-state index in [4.69, 9.17) is 9.47 Å². The topological polar surface area (TPSA) is 71.0 Å². The van der Waals surface area contributed by atoms with Crippen molar-refractivity contribution in [2.75, 3.05) is 26.8 Å². The molecule has 0 spiro atoms. The fourth-order valence-electron chi connectivity index (χ4n) is 1.58. The van der Waals surface area contributed by atoms with Crippen LogP contribution >= 0.6 is 0 Å². The Morgan fingerprint density at radius 3 is 2.50 bits per heavy atom. The fraction of sp³-hybridized carbons (Fsp3) is 0.600. The zero-order chi connectivity index (χ0) is 15.0. The summed E-state index contributed by atoms with van der Waals surface area (Å²) in [5.41, 5.74) is 0. The van der Waals surface area contributed by atoms with Crippen molar-refractivity contribution < 1.29 is 19.7 Å². The number of nitrogens with one attached hydrogen (secondary N) is 1. The zero-order valence-corrected chi connectivity index (χ0v) is 12.4. The van der Waals surface area contributed by atoms with E-state index in [1.165, 1.54) is 0 Å². The van der Waals surface area contributed by atoms with Crippen molar-refractivity contribution in [1.82, 2.24) is 5.32 Å². The molecule has 114 valence electrons. The summed E-state index contributed by atoms with van der Waals surface area (Å²) < 4.78 is 10.6. The van der Waals surface area contributed by atoms with Crippen LogP contribution in [0.4, 0.5) is 0 Å². The van der Waals surface area contributed by atoms with Gasteiger partial charge < -0.3 is 25.0 Å². The summed E-state index contributed by atoms with van der Waals surface area (Å²) in [7, 11) is 1.60. The molecule has 0 aromatic heterocycles. The first-order valence-corrected chi connectivity index (χ1v) is 6.86. The molecule has 0 heterocycles. The van der Waals surface area contributed by atoms with Crippen molar-refractivity contribution in [2.45, 2.75) is 26.1 Å². The van der Waals surface area contributed by atoms with Crippen molar-refractivity contribution in [2.24, 2.45) is 5.92 Å². The Kier molecular flexibility index (Phi) is 7.36. The molecule has 3 N–H and O–H groups in total. The minimum Gasteiger partial charge on any atom is -0.497 e. The van der Waals surface area contributed by atoms with Gasteiger partial charge in [0.05, 0.1) is 13.2 Å². The Morgan fingerprint density at radius 1 is 1.15 bits per heavy atom. The SMILES string of the molecule is COc1cccc(OCC(O)CNCC(O)C(C)C)c1. The molecule has 0 fully saturated rings. The molecule has 0 aliphatic rings. The van der Waals surface area contributed by atoms with Crippen LogP contribution < -0.4 is 14.8 Å². The number of ether oxygens (including phenoxy) is 2. The second-order valence-electron chi connectivity index (χ2n) is 5.11. The Balaban J connectivity index is 2.24. The van der Waals surface area contributed by atoms with Gasteiger partial charge in [0.1, 0.15) is 24.2 Å². The zero-order valence-electron chi connectivity index (χ0n) is 12.4. The standard InChI is InChI=1S/C15H25NO4/c1-11(2)15(18)9-16-8-12(17)10-20-14-6-4-5-13(7-14)19-3/h4-7,11-12,15-18H,8-10H2,1-3H3. The minimum absolute atomic E-state index is 0.192. The van der Waals surface area contributed by atoms with Gasteiger partial charge in [0.2, 0.25) is 0 Å². The highest BCUT2D eigenvalue weighted by Crippen LogP contribution is 2.18. The van der Waals surface area contributed by atoms with Crippen LogP contribution in [0.5, 0.6) is 11.5 Å². The maximum absolute atomic E-state index is 9.79. The summed E-state index contributed by atoms with van der Waals surface area (Å²) in [5, 5.41) is 22.4. The van der Waals surface area contributed by atoms with Crippen LogP contribution in [-0.2, 0) is 0 Å². The van der Waals surface area contributed by atoms with Crippen LogP contribution in [-0.4, -0.2) is 49.2 Å². The molecule has 2 unspecified atom stereocenters. The Morgan fingerprint density at radius 2 is 1.85 bits per heavy atom. The lowest BCUT2D eigenvalue weighted by Gasteiger charge is -2.17. The van der Waals surface area contributed by atoms with Crippen LogP contribution in [0.15, 0.2) is 24.3 Å². The molecule has 1 aromatic rings. The third kappa shape index (κ3) is 6.23. The lowest BCUT2D eigenvalue weighted by Crippen LogP contribution is -2.37. The fourth-order valence-corrected chi connectivity index (χ4v) is 1.58. The van der Waals surface area contributed by atoms with Crippen molar-refractivity contribution >= 4 is 0 Å². The quantitative estimate of drug-likeness (QED) is 0.632. The van der Waals surface area contributed by atoms with E-state index in [0.717, 1.165) is 5.75 Å². The molecule has 1 aromatic carbocycles. The molecule has 0 bridgehead atoms. The molecule has 0 amide bonds. The molecule has 0 aliphatic carbocycles. The van der Waals surface area contributed by atoms with Crippen molar-refractivity contribution in [3.8, 4) is 11.5 Å². The molecular weight excluding hydrogens is 258 g/mol. The monoisotopic (exact) mass is 283 g/mol. The number of benzene rings is 1. The third-order valence-corrected chi connectivity index (χ3v) is 2.99. The van der Waals surface area contributed by atoms with Gasteiger partial charge in [0, 0.05) is 19.2 Å². The van der Waals surface area contributed by atoms with Crippen LogP contribution in [0.3, 0.4) is 0 Å². The van der Waals surface area contributed by atoms with Crippen LogP contribution in [0.1, 0.15) is 13.8 Å². The lowest BCUT2D eigenvalue weighted by atomic mass is 10.1. The molecule has 0 radical (unpaired) electrons. The van der Waals surface area contributed by atoms with Crippen molar-refractivity contribution in [3.05, 3.63) is 24.3 Å². The first kappa shape index (κ1) is 16.8. The summed E-state index contributed by atoms with van der Waals surface area (Å²) in [4.78, 5) is 0. The summed E-state index contributed by atoms with van der Waals surface area (Å²) in [5.74, 6) is 1.58. The number of aliphatic hydroxyl groups excluding tert-OH is 2. The second-order valence-corrected chi connectivity index (χ2v) is 5.11. The van der Waals surface area contributed by atoms with Crippen LogP contribution in [0.25, 0.3) is 0 Å². The number of rotatable bonds is 9. The molecule has 2 atom stereocenters. The second kappa shape index (κ2) is 8.79. The van der Waals surface area contributed by atoms with Gasteiger partial charge in [0.25, 0.3) is 0 Å². The summed E-state index contributed by atoms with van der Waals surface area (Å²) in [6, 6.07) is 7.24. The average Bonchev–Trinajstić information content (AvgIpc) is 2.45. The average molecular weight is 283 g/mol. The molecule has 0 saturated carbocycles. The van der Waals surface area contributed by atoms with Gasteiger partial charge in [-0.05, 0) is 18.1 Å². The van der Waals surface area contributed by atoms with Gasteiger partial charge in [0.15, 0.2) is 0 Å². The maximum Gasteiger partial charge on any atom is 0.123 e. The van der Waals surface area contributed by atoms with Crippen molar-refractivity contribution in [1.29, 1.82) is 0 Å². The first-order valence-electron chi connectivity index (χ1n) is 6.86. The highest BCUT2D eigenvalue weighted by atomic mass is 16.5. The van der Waals surface area contributed by atoms with Gasteiger partial charge in [-0.2, -0.15) is 0 Å². The number of methoxy groups -OCH3 is 1. The maximum atomic E-state index is 9.79. The van der Waals surface area contributed by atoms with E-state index in [1.807, 2.05) is 32.0 Å². The summed E-state index contributed by atoms with van der Waals surface area (Å²) in [6.07, 6.45) is -1.03. The third-order valence-electron chi connectivity index (χ3n) is 2.99. The molecule has 5 nitrogen and oxygen atoms in total. The van der Waals surface area contributed by atoms with E-state index in [9.17, 15) is 10.2 Å². The van der Waals surface area contributed by atoms with Gasteiger partial charge in [-0.15, -0.1) is 0 Å². The number of hydrogen-bond donors (Lipinski definition) is 3. The normalized spacial score (nSPS) is 14.1. The van der Waals surface area contributed by atoms with Crippen LogP contribution in [0, 0.1) is 5.92 Å². The molecular formula is C15H25NO4. The van der Waals surface area contributed by atoms with E-state index in [0.29, 0.717) is 18.8 Å². The molecule has 5 heteroatoms. The number of aliphatic hydroxyl groups is 2. The molecule has 1 rings (SSSR count). The van der Waals surface area contributed by atoms with E-state index in [-0.39, 0.29) is 12.5 Å². The van der Waals surface area contributed by atoms with Crippen molar-refractivity contribution in [3.63, 3.8) is 0 Å². The highest BCUT2D eigenvalue weighted by molar-refractivity contribution is 5.32. The summed E-state index contributed by atoms with van der Waals surface area (Å²) in [6.45, 7) is 4.95. The first-order chi connectivity index (χ1) is 9.52. The largest absolute Gasteiger partial charge is 0.497 e. The molecule has 0 saturated heterocycles. The number of hydrogen-bond acceptors (Lipinski definition) is 5. The van der Waals surface area contributed by atoms with Gasteiger partial charge >= 0.3 is 0 Å². The Hall–Kier alpha value is -1.30.